The van der Waals surface area contributed by atoms with Gasteiger partial charge in [0.25, 0.3) is 0 Å². The van der Waals surface area contributed by atoms with E-state index >= 15 is 0 Å². The molecule has 0 aromatic rings. The Morgan fingerprint density at radius 1 is 1.25 bits per heavy atom. The van der Waals surface area contributed by atoms with E-state index in [4.69, 9.17) is 20.0 Å². The molecule has 0 aliphatic rings. The fourth-order valence-electron chi connectivity index (χ4n) is 1.25. The molecule has 0 rings (SSSR count). The maximum absolute atomic E-state index is 10.5. The first-order valence-corrected chi connectivity index (χ1v) is 7.07. The zero-order valence-corrected chi connectivity index (χ0v) is 10.8. The molecule has 0 fully saturated rings. The third-order valence-electron chi connectivity index (χ3n) is 1.83. The minimum absolute atomic E-state index is 0.267. The molecule has 0 bridgehead atoms. The zero-order chi connectivity index (χ0) is 12.6. The van der Waals surface area contributed by atoms with Crippen molar-refractivity contribution in [3.63, 3.8) is 0 Å². The topological polar surface area (TPSA) is 119 Å². The summed E-state index contributed by atoms with van der Waals surface area (Å²) in [6.45, 7) is 2.04. The lowest BCUT2D eigenvalue weighted by Gasteiger charge is -2.11. The largest absolute Gasteiger partial charge is 0.694 e. The quantitative estimate of drug-likeness (QED) is 0.540. The van der Waals surface area contributed by atoms with Gasteiger partial charge in [0.15, 0.2) is 0 Å². The predicted octanol–water partition coefficient (Wildman–Crippen LogP) is 1.21. The Bertz CT molecular complexity index is 239. The average molecular weight is 273 g/mol. The second kappa shape index (κ2) is 9.07. The van der Waals surface area contributed by atoms with Crippen molar-refractivity contribution in [3.8, 4) is 0 Å². The Labute approximate surface area is 95.8 Å². The normalized spacial score (nSPS) is 16.8. The van der Waals surface area contributed by atoms with Crippen molar-refractivity contribution in [1.82, 2.24) is 0 Å². The number of rotatable bonds is 9. The van der Waals surface area contributed by atoms with E-state index in [1.807, 2.05) is 0 Å². The molecule has 0 spiro atoms. The third kappa shape index (κ3) is 9.24. The fraction of sp³-hybridized carbons (Fsp3) is 1.00. The molecule has 0 aliphatic carbocycles. The lowest BCUT2D eigenvalue weighted by atomic mass is 10.1. The molecular weight excluding hydrogens is 256 g/mol. The van der Waals surface area contributed by atoms with Crippen molar-refractivity contribution in [1.29, 1.82) is 0 Å². The van der Waals surface area contributed by atoms with Crippen molar-refractivity contribution in [2.75, 3.05) is 6.54 Å². The van der Waals surface area contributed by atoms with E-state index < -0.39 is 28.7 Å². The lowest BCUT2D eigenvalue weighted by Crippen LogP contribution is -2.19. The smallest absolute Gasteiger partial charge is 0.330 e. The van der Waals surface area contributed by atoms with Crippen molar-refractivity contribution in [3.05, 3.63) is 0 Å². The van der Waals surface area contributed by atoms with Gasteiger partial charge in [0.05, 0.1) is 0 Å². The molecule has 0 radical (unpaired) electrons. The van der Waals surface area contributed by atoms with Gasteiger partial charge >= 0.3 is 16.5 Å². The van der Waals surface area contributed by atoms with Crippen LogP contribution in [0, 0.1) is 0 Å². The highest BCUT2D eigenvalue weighted by Crippen LogP contribution is 2.27. The molecule has 4 N–H and O–H groups in total. The standard InChI is InChI=1S/C7H15NO6P2/c1-6(13-15(9)10)5-7(3-2-4-8)14-16(11)12/h6-7H,2-5,8H2,1H3/p+2/t6-,7?/m0/s1. The Morgan fingerprint density at radius 2 is 1.81 bits per heavy atom. The molecular formula is C7H17NO6P2+2. The highest BCUT2D eigenvalue weighted by Gasteiger charge is 2.28. The van der Waals surface area contributed by atoms with Crippen LogP contribution >= 0.6 is 16.5 Å². The first-order chi connectivity index (χ1) is 7.45. The second-order valence-electron chi connectivity index (χ2n) is 3.29. The van der Waals surface area contributed by atoms with E-state index in [2.05, 4.69) is 4.52 Å². The van der Waals surface area contributed by atoms with Crippen LogP contribution in [-0.2, 0) is 18.2 Å². The van der Waals surface area contributed by atoms with E-state index in [9.17, 15) is 9.13 Å². The van der Waals surface area contributed by atoms with Crippen molar-refractivity contribution in [2.24, 2.45) is 5.73 Å². The molecule has 7 nitrogen and oxygen atoms in total. The van der Waals surface area contributed by atoms with Gasteiger partial charge in [0.2, 0.25) is 0 Å². The Morgan fingerprint density at radius 3 is 2.25 bits per heavy atom. The summed E-state index contributed by atoms with van der Waals surface area (Å²) in [5.74, 6) is 0. The van der Waals surface area contributed by atoms with Gasteiger partial charge in [-0.3, -0.25) is 0 Å². The maximum Gasteiger partial charge on any atom is 0.694 e. The van der Waals surface area contributed by atoms with E-state index in [1.54, 1.807) is 6.92 Å². The van der Waals surface area contributed by atoms with Crippen molar-refractivity contribution < 1.29 is 28.0 Å². The predicted molar refractivity (Wildman–Crippen MR) is 58.0 cm³/mol. The summed E-state index contributed by atoms with van der Waals surface area (Å²) >= 11 is 0. The highest BCUT2D eigenvalue weighted by atomic mass is 31.1. The van der Waals surface area contributed by atoms with E-state index in [0.29, 0.717) is 19.4 Å². The molecule has 0 aromatic carbocycles. The first-order valence-electron chi connectivity index (χ1n) is 4.81. The van der Waals surface area contributed by atoms with Crippen LogP contribution in [-0.4, -0.2) is 28.5 Å². The van der Waals surface area contributed by atoms with Gasteiger partial charge in [-0.15, -0.1) is 18.8 Å². The maximum atomic E-state index is 10.5. The molecule has 94 valence electrons. The average Bonchev–Trinajstić information content (AvgIpc) is 2.11. The first kappa shape index (κ1) is 16.0. The van der Waals surface area contributed by atoms with Crippen LogP contribution in [0.15, 0.2) is 0 Å². The van der Waals surface area contributed by atoms with Crippen molar-refractivity contribution in [2.45, 2.75) is 38.4 Å². The van der Waals surface area contributed by atoms with E-state index in [-0.39, 0.29) is 6.42 Å². The Kier molecular flexibility index (Phi) is 9.07. The molecule has 9 heteroatoms. The van der Waals surface area contributed by atoms with Gasteiger partial charge in [-0.2, -0.15) is 0 Å². The molecule has 0 saturated carbocycles. The fourth-order valence-corrected chi connectivity index (χ4v) is 2.09. The number of hydrogen-bond donors (Lipinski definition) is 3. The lowest BCUT2D eigenvalue weighted by molar-refractivity contribution is 0.107. The highest BCUT2D eigenvalue weighted by molar-refractivity contribution is 7.32. The SMILES string of the molecule is C[C@@H](CC(CCCN)O[P+](=O)O)O[P+](=O)O. The third-order valence-corrected chi connectivity index (χ3v) is 2.85. The molecule has 0 amide bonds. The van der Waals surface area contributed by atoms with Gasteiger partial charge in [-0.1, -0.05) is 0 Å². The zero-order valence-electron chi connectivity index (χ0n) is 8.98. The van der Waals surface area contributed by atoms with E-state index in [1.165, 1.54) is 0 Å². The summed E-state index contributed by atoms with van der Waals surface area (Å²) in [6, 6.07) is 0. The molecule has 16 heavy (non-hydrogen) atoms. The van der Waals surface area contributed by atoms with Crippen molar-refractivity contribution >= 4 is 16.5 Å². The molecule has 0 saturated heterocycles. The Hall–Kier alpha value is -0.0000000000000000763. The van der Waals surface area contributed by atoms with Gasteiger partial charge in [0, 0.05) is 15.6 Å². The monoisotopic (exact) mass is 273 g/mol. The number of nitrogens with two attached hydrogens (primary N) is 1. The van der Waals surface area contributed by atoms with Gasteiger partial charge in [-0.25, -0.2) is 0 Å². The second-order valence-corrected chi connectivity index (χ2v) is 4.66. The van der Waals surface area contributed by atoms with E-state index in [0.717, 1.165) is 0 Å². The minimum Gasteiger partial charge on any atom is -0.330 e. The summed E-state index contributed by atoms with van der Waals surface area (Å²) in [5.41, 5.74) is 5.31. The molecule has 0 aromatic heterocycles. The summed E-state index contributed by atoms with van der Waals surface area (Å²) in [7, 11) is -5.36. The summed E-state index contributed by atoms with van der Waals surface area (Å²) in [5, 5.41) is 0. The Balaban J connectivity index is 4.07. The van der Waals surface area contributed by atoms with Gasteiger partial charge in [-0.05, 0) is 26.3 Å². The van der Waals surface area contributed by atoms with Crippen LogP contribution in [0.3, 0.4) is 0 Å². The van der Waals surface area contributed by atoms with Gasteiger partial charge in [0.1, 0.15) is 12.2 Å². The molecule has 3 unspecified atom stereocenters. The van der Waals surface area contributed by atoms with Crippen LogP contribution in [0.1, 0.15) is 26.2 Å². The molecule has 0 aliphatic heterocycles. The molecule has 4 atom stereocenters. The number of hydrogen-bond acceptors (Lipinski definition) is 5. The van der Waals surface area contributed by atoms with Crippen LogP contribution in [0.5, 0.6) is 0 Å². The van der Waals surface area contributed by atoms with Crippen LogP contribution in [0.2, 0.25) is 0 Å². The summed E-state index contributed by atoms with van der Waals surface area (Å²) < 4.78 is 30.3. The van der Waals surface area contributed by atoms with Crippen LogP contribution in [0.25, 0.3) is 0 Å². The van der Waals surface area contributed by atoms with Crippen LogP contribution < -0.4 is 5.73 Å². The molecule has 0 heterocycles. The summed E-state index contributed by atoms with van der Waals surface area (Å²) in [4.78, 5) is 17.1. The van der Waals surface area contributed by atoms with Crippen LogP contribution in [0.4, 0.5) is 0 Å². The minimum atomic E-state index is -2.69. The van der Waals surface area contributed by atoms with Gasteiger partial charge < -0.3 is 5.73 Å². The summed E-state index contributed by atoms with van der Waals surface area (Å²) in [6.07, 6.45) is 0.400.